The minimum atomic E-state index is -0.638. The topological polar surface area (TPSA) is 61.1 Å². The molecular formula is C42H48N4O4. The summed E-state index contributed by atoms with van der Waals surface area (Å²) in [5.74, 6) is 2.32. The first-order valence-electron chi connectivity index (χ1n) is 18.9. The molecule has 50 heavy (non-hydrogen) atoms. The van der Waals surface area contributed by atoms with Crippen LogP contribution in [0.5, 0.6) is 5.75 Å². The smallest absolute Gasteiger partial charge is 0.211 e. The minimum absolute atomic E-state index is 0.150. The van der Waals surface area contributed by atoms with Crippen molar-refractivity contribution in [1.82, 2.24) is 18.9 Å². The lowest BCUT2D eigenvalue weighted by molar-refractivity contribution is -0.280. The maximum absolute atomic E-state index is 12.7. The zero-order chi connectivity index (χ0) is 34.0. The molecule has 0 amide bonds. The number of ketones is 1. The molecule has 0 spiro atoms. The molecule has 9 heterocycles. The molecule has 260 valence electrons. The molecule has 4 bridgehead atoms. The van der Waals surface area contributed by atoms with E-state index < -0.39 is 5.79 Å². The van der Waals surface area contributed by atoms with Crippen molar-refractivity contribution >= 4 is 27.6 Å². The first-order valence-corrected chi connectivity index (χ1v) is 18.9. The zero-order valence-corrected chi connectivity index (χ0v) is 30.1. The van der Waals surface area contributed by atoms with E-state index in [2.05, 4.69) is 90.4 Å². The van der Waals surface area contributed by atoms with Crippen LogP contribution in [0.4, 0.5) is 0 Å². The standard InChI is InChI=1S/C42H48N4O4/c1-21(47)29-18-48-19-30-24(29)14-36-41-27(17-34(30)43(36)3)23-11-12-38-28(39(23)46(41)6)13-32-25-15-37-40-26(22-9-7-8-10-33(22)45(40)5)16-35(44(37)4)31(25)20-49-42(32,2)50-38/h7-12,18,24-25,30-32,34-37H,13-17,19-20H2,1-6H3. The summed E-state index contributed by atoms with van der Waals surface area (Å²) in [4.78, 5) is 18.0. The molecule has 3 saturated heterocycles. The molecular weight excluding hydrogens is 624 g/mol. The normalized spacial score (nSPS) is 37.0. The largest absolute Gasteiger partial charge is 0.500 e. The maximum atomic E-state index is 12.7. The number of benzene rings is 2. The van der Waals surface area contributed by atoms with Crippen molar-refractivity contribution in [3.63, 3.8) is 0 Å². The van der Waals surface area contributed by atoms with E-state index in [4.69, 9.17) is 14.2 Å². The second kappa shape index (κ2) is 10.0. The van der Waals surface area contributed by atoms with Crippen LogP contribution >= 0.6 is 0 Å². The Kier molecular flexibility index (Phi) is 6.04. The number of ether oxygens (including phenoxy) is 3. The first kappa shape index (κ1) is 30.1. The number of aryl methyl sites for hydroxylation is 2. The summed E-state index contributed by atoms with van der Waals surface area (Å²) < 4.78 is 24.9. The number of piperidine rings is 2. The quantitative estimate of drug-likeness (QED) is 0.239. The third kappa shape index (κ3) is 3.65. The number of nitrogens with zero attached hydrogens (tertiary/aromatic N) is 4. The Morgan fingerprint density at radius 2 is 1.50 bits per heavy atom. The molecule has 8 heteroatoms. The number of rotatable bonds is 1. The molecule has 7 aliphatic rings. The predicted octanol–water partition coefficient (Wildman–Crippen LogP) is 6.24. The highest BCUT2D eigenvalue weighted by molar-refractivity contribution is 5.94. The number of carbonyl (C=O) groups excluding carboxylic acids is 1. The number of hydrogen-bond donors (Lipinski definition) is 0. The summed E-state index contributed by atoms with van der Waals surface area (Å²) >= 11 is 0. The van der Waals surface area contributed by atoms with Crippen molar-refractivity contribution in [2.75, 3.05) is 27.3 Å². The Labute approximate surface area is 293 Å². The van der Waals surface area contributed by atoms with E-state index in [0.29, 0.717) is 42.5 Å². The number of para-hydroxylation sites is 1. The van der Waals surface area contributed by atoms with Gasteiger partial charge < -0.3 is 23.3 Å². The molecule has 10 unspecified atom stereocenters. The van der Waals surface area contributed by atoms with E-state index in [1.165, 1.54) is 44.3 Å². The third-order valence-corrected chi connectivity index (χ3v) is 15.1. The molecule has 10 atom stereocenters. The summed E-state index contributed by atoms with van der Waals surface area (Å²) in [7, 11) is 9.20. The van der Waals surface area contributed by atoms with Crippen LogP contribution in [-0.4, -0.2) is 69.9 Å². The zero-order valence-electron chi connectivity index (χ0n) is 30.1. The predicted molar refractivity (Wildman–Crippen MR) is 192 cm³/mol. The Morgan fingerprint density at radius 3 is 2.30 bits per heavy atom. The van der Waals surface area contributed by atoms with E-state index in [1.54, 1.807) is 18.7 Å². The molecule has 0 aliphatic carbocycles. The fourth-order valence-corrected chi connectivity index (χ4v) is 12.8. The van der Waals surface area contributed by atoms with E-state index in [1.807, 2.05) is 0 Å². The van der Waals surface area contributed by atoms with Crippen LogP contribution in [0.1, 0.15) is 66.9 Å². The Morgan fingerprint density at radius 1 is 0.780 bits per heavy atom. The van der Waals surface area contributed by atoms with Gasteiger partial charge in [-0.2, -0.15) is 0 Å². The van der Waals surface area contributed by atoms with Gasteiger partial charge >= 0.3 is 0 Å². The fraction of sp³-hybridized carbons (Fsp3) is 0.548. The van der Waals surface area contributed by atoms with Gasteiger partial charge in [0, 0.05) is 89.7 Å². The highest BCUT2D eigenvalue weighted by atomic mass is 16.7. The van der Waals surface area contributed by atoms with Gasteiger partial charge in [-0.05, 0) is 94.3 Å². The third-order valence-electron chi connectivity index (χ3n) is 15.1. The van der Waals surface area contributed by atoms with Gasteiger partial charge in [-0.15, -0.1) is 0 Å². The van der Waals surface area contributed by atoms with Gasteiger partial charge in [0.15, 0.2) is 5.78 Å². The SMILES string of the molecule is CC(=O)C1=COCC2C1CC1c3c(c4ccc5c(c4n3C)CC3C4CC6c7c(c8ccccc8n7C)CC(C4COC3(C)O5)N6C)CC2N1C. The van der Waals surface area contributed by atoms with Crippen molar-refractivity contribution in [1.29, 1.82) is 0 Å². The number of Topliss-reactive ketones (excluding diaryl/α,β-unsaturated/α-hetero) is 1. The average Bonchev–Trinajstić information content (AvgIpc) is 3.54. The van der Waals surface area contributed by atoms with Crippen molar-refractivity contribution in [3.05, 3.63) is 76.3 Å². The van der Waals surface area contributed by atoms with Crippen LogP contribution in [-0.2, 0) is 47.6 Å². The molecule has 11 rings (SSSR count). The fourth-order valence-electron chi connectivity index (χ4n) is 12.8. The van der Waals surface area contributed by atoms with Gasteiger partial charge in [-0.1, -0.05) is 18.2 Å². The van der Waals surface area contributed by atoms with Gasteiger partial charge in [0.2, 0.25) is 5.79 Å². The second-order valence-corrected chi connectivity index (χ2v) is 17.0. The van der Waals surface area contributed by atoms with Gasteiger partial charge in [-0.3, -0.25) is 14.6 Å². The number of aromatic nitrogens is 2. The summed E-state index contributed by atoms with van der Waals surface area (Å²) in [5, 5.41) is 2.80. The molecule has 0 N–H and O–H groups in total. The maximum Gasteiger partial charge on any atom is 0.211 e. The van der Waals surface area contributed by atoms with Crippen LogP contribution < -0.4 is 4.74 Å². The number of allylic oxidation sites excluding steroid dienone is 1. The molecule has 0 saturated carbocycles. The van der Waals surface area contributed by atoms with Gasteiger partial charge in [-0.25, -0.2) is 0 Å². The summed E-state index contributed by atoms with van der Waals surface area (Å²) in [6, 6.07) is 15.0. The Bertz CT molecular complexity index is 2180. The van der Waals surface area contributed by atoms with E-state index in [-0.39, 0.29) is 23.7 Å². The lowest BCUT2D eigenvalue weighted by Crippen LogP contribution is -2.64. The van der Waals surface area contributed by atoms with Crippen LogP contribution in [0.2, 0.25) is 0 Å². The summed E-state index contributed by atoms with van der Waals surface area (Å²) in [6.07, 6.45) is 6.86. The average molecular weight is 673 g/mol. The first-order chi connectivity index (χ1) is 24.1. The molecule has 8 nitrogen and oxygen atoms in total. The molecule has 7 aliphatic heterocycles. The lowest BCUT2D eigenvalue weighted by Gasteiger charge is -2.59. The molecule has 2 aromatic heterocycles. The van der Waals surface area contributed by atoms with Crippen molar-refractivity contribution in [3.8, 4) is 5.75 Å². The van der Waals surface area contributed by atoms with E-state index in [9.17, 15) is 4.79 Å². The molecule has 0 radical (unpaired) electrons. The molecule has 2 aromatic carbocycles. The Balaban J connectivity index is 1.00. The molecule has 4 aromatic rings. The highest BCUT2D eigenvalue weighted by Crippen LogP contribution is 2.58. The minimum Gasteiger partial charge on any atom is -0.500 e. The van der Waals surface area contributed by atoms with E-state index >= 15 is 0 Å². The van der Waals surface area contributed by atoms with Crippen molar-refractivity contribution in [2.24, 2.45) is 43.7 Å². The number of hydrogen-bond acceptors (Lipinski definition) is 6. The van der Waals surface area contributed by atoms with Crippen molar-refractivity contribution < 1.29 is 19.0 Å². The Hall–Kier alpha value is -3.59. The monoisotopic (exact) mass is 672 g/mol. The van der Waals surface area contributed by atoms with Crippen molar-refractivity contribution in [2.45, 2.75) is 75.9 Å². The van der Waals surface area contributed by atoms with Crippen LogP contribution in [0.15, 0.2) is 48.2 Å². The van der Waals surface area contributed by atoms with Crippen LogP contribution in [0, 0.1) is 29.6 Å². The van der Waals surface area contributed by atoms with Gasteiger partial charge in [0.05, 0.1) is 37.1 Å². The van der Waals surface area contributed by atoms with Crippen LogP contribution in [0.3, 0.4) is 0 Å². The number of fused-ring (bicyclic) bond motifs is 20. The van der Waals surface area contributed by atoms with E-state index in [0.717, 1.165) is 50.0 Å². The number of likely N-dealkylation sites (N-methyl/N-ethyl adjacent to an activating group) is 2. The van der Waals surface area contributed by atoms with Crippen LogP contribution in [0.25, 0.3) is 21.8 Å². The number of carbonyl (C=O) groups is 1. The summed E-state index contributed by atoms with van der Waals surface area (Å²) in [5.41, 5.74) is 10.9. The molecule has 3 fully saturated rings. The van der Waals surface area contributed by atoms with Gasteiger partial charge in [0.1, 0.15) is 5.75 Å². The van der Waals surface area contributed by atoms with Gasteiger partial charge in [0.25, 0.3) is 0 Å². The highest BCUT2D eigenvalue weighted by Gasteiger charge is 2.59. The summed E-state index contributed by atoms with van der Waals surface area (Å²) in [6.45, 7) is 5.35. The lowest BCUT2D eigenvalue weighted by atomic mass is 9.62. The second-order valence-electron chi connectivity index (χ2n) is 17.0.